The van der Waals surface area contributed by atoms with Gasteiger partial charge in [0.15, 0.2) is 0 Å². The van der Waals surface area contributed by atoms with Crippen molar-refractivity contribution < 1.29 is 4.79 Å². The van der Waals surface area contributed by atoms with Crippen LogP contribution in [0.5, 0.6) is 0 Å². The number of carbonyl (C=O) groups excluding carboxylic acids is 1. The zero-order chi connectivity index (χ0) is 28.0. The number of nitriles is 1. The van der Waals surface area contributed by atoms with Crippen LogP contribution in [0.15, 0.2) is 60.7 Å². The Balaban J connectivity index is 0.000000371. The van der Waals surface area contributed by atoms with Crippen molar-refractivity contribution in [1.82, 2.24) is 9.80 Å². The van der Waals surface area contributed by atoms with E-state index >= 15 is 0 Å². The summed E-state index contributed by atoms with van der Waals surface area (Å²) in [6.45, 7) is 19.4. The summed E-state index contributed by atoms with van der Waals surface area (Å²) in [4.78, 5) is 16.5. The van der Waals surface area contributed by atoms with Gasteiger partial charge in [0.25, 0.3) is 0 Å². The van der Waals surface area contributed by atoms with Crippen LogP contribution in [0.25, 0.3) is 0 Å². The van der Waals surface area contributed by atoms with Gasteiger partial charge in [0.05, 0.1) is 17.9 Å². The summed E-state index contributed by atoms with van der Waals surface area (Å²) in [7, 11) is 0. The van der Waals surface area contributed by atoms with Crippen LogP contribution in [-0.4, -0.2) is 53.0 Å². The highest BCUT2D eigenvalue weighted by molar-refractivity contribution is 5.81. The molecule has 0 spiro atoms. The minimum atomic E-state index is -0.237. The summed E-state index contributed by atoms with van der Waals surface area (Å²) in [5, 5.41) is 9.30. The van der Waals surface area contributed by atoms with Crippen molar-refractivity contribution in [2.45, 2.75) is 104 Å². The highest BCUT2D eigenvalue weighted by Gasteiger charge is 2.21. The molecule has 5 nitrogen and oxygen atoms in total. The van der Waals surface area contributed by atoms with E-state index in [1.54, 1.807) is 0 Å². The summed E-state index contributed by atoms with van der Waals surface area (Å²) in [5.74, 6) is -0.425. The summed E-state index contributed by atoms with van der Waals surface area (Å²) in [5.41, 5.74) is 7.70. The minimum absolute atomic E-state index is 0.00574. The first-order valence-corrected chi connectivity index (χ1v) is 13.8. The van der Waals surface area contributed by atoms with E-state index in [0.29, 0.717) is 24.2 Å². The van der Waals surface area contributed by atoms with E-state index in [1.165, 1.54) is 0 Å². The first-order valence-electron chi connectivity index (χ1n) is 13.8. The highest BCUT2D eigenvalue weighted by atomic mass is 16.1. The Morgan fingerprint density at radius 2 is 1.08 bits per heavy atom. The van der Waals surface area contributed by atoms with Crippen molar-refractivity contribution in [2.24, 2.45) is 5.73 Å². The maximum Gasteiger partial charge on any atom is 0.225 e. The monoisotopic (exact) mass is 506 g/mol. The molecule has 2 aromatic rings. The first-order chi connectivity index (χ1) is 17.5. The Bertz CT molecular complexity index is 903. The van der Waals surface area contributed by atoms with Crippen molar-refractivity contribution in [1.29, 1.82) is 5.26 Å². The fraction of sp³-hybridized carbons (Fsp3) is 0.562. The molecule has 2 unspecified atom stereocenters. The number of benzene rings is 2. The lowest BCUT2D eigenvalue weighted by molar-refractivity contribution is -0.119. The van der Waals surface area contributed by atoms with Crippen LogP contribution in [0.1, 0.15) is 91.2 Å². The van der Waals surface area contributed by atoms with Crippen LogP contribution in [0.2, 0.25) is 0 Å². The van der Waals surface area contributed by atoms with E-state index in [1.807, 2.05) is 60.7 Å². The largest absolute Gasteiger partial charge is 0.369 e. The third-order valence-electron chi connectivity index (χ3n) is 6.91. The van der Waals surface area contributed by atoms with Crippen LogP contribution >= 0.6 is 0 Å². The van der Waals surface area contributed by atoms with E-state index in [0.717, 1.165) is 37.1 Å². The smallest absolute Gasteiger partial charge is 0.225 e. The van der Waals surface area contributed by atoms with Crippen LogP contribution in [0, 0.1) is 11.3 Å². The number of carbonyl (C=O) groups is 1. The molecular formula is C32H50N4O. The second-order valence-corrected chi connectivity index (χ2v) is 10.9. The normalized spacial score (nSPS) is 13.1. The molecule has 0 aliphatic heterocycles. The molecule has 37 heavy (non-hydrogen) atoms. The van der Waals surface area contributed by atoms with E-state index in [-0.39, 0.29) is 17.7 Å². The van der Waals surface area contributed by atoms with Gasteiger partial charge < -0.3 is 5.73 Å². The quantitative estimate of drug-likeness (QED) is 0.333. The number of rotatable bonds is 13. The predicted octanol–water partition coefficient (Wildman–Crippen LogP) is 6.57. The second kappa shape index (κ2) is 16.9. The highest BCUT2D eigenvalue weighted by Crippen LogP contribution is 2.21. The summed E-state index contributed by atoms with van der Waals surface area (Å²) < 4.78 is 0. The Kier molecular flexibility index (Phi) is 14.8. The number of nitrogens with two attached hydrogens (primary N) is 1. The maximum absolute atomic E-state index is 11.7. The molecule has 0 heterocycles. The molecule has 2 aromatic carbocycles. The lowest BCUT2D eigenvalue weighted by atomic mass is 9.94. The fourth-order valence-corrected chi connectivity index (χ4v) is 4.93. The molecule has 0 bridgehead atoms. The van der Waals surface area contributed by atoms with Gasteiger partial charge >= 0.3 is 0 Å². The zero-order valence-corrected chi connectivity index (χ0v) is 24.4. The molecular weight excluding hydrogens is 456 g/mol. The average Bonchev–Trinajstić information content (AvgIpc) is 2.84. The number of nitrogens with zero attached hydrogens (tertiary/aromatic N) is 3. The molecule has 2 N–H and O–H groups in total. The number of hydrogen-bond donors (Lipinski definition) is 1. The molecule has 0 saturated carbocycles. The molecule has 0 saturated heterocycles. The van der Waals surface area contributed by atoms with Crippen LogP contribution in [0.3, 0.4) is 0 Å². The van der Waals surface area contributed by atoms with Gasteiger partial charge in [-0.15, -0.1) is 0 Å². The van der Waals surface area contributed by atoms with Gasteiger partial charge in [-0.05, 0) is 85.9 Å². The van der Waals surface area contributed by atoms with Crippen molar-refractivity contribution in [2.75, 3.05) is 13.1 Å². The first kappa shape index (κ1) is 32.3. The SMILES string of the molecule is CC(C)N(CCC(C#N)c1ccccc1)C(C)C.CC(C)N(CCC(C(N)=O)c1ccccc1)C(C)C. The summed E-state index contributed by atoms with van der Waals surface area (Å²) >= 11 is 0. The molecule has 5 heteroatoms. The van der Waals surface area contributed by atoms with Gasteiger partial charge in [-0.25, -0.2) is 0 Å². The Hall–Kier alpha value is -2.68. The molecule has 0 aliphatic carbocycles. The van der Waals surface area contributed by atoms with Crippen LogP contribution in [0.4, 0.5) is 0 Å². The van der Waals surface area contributed by atoms with E-state index in [9.17, 15) is 10.1 Å². The van der Waals surface area contributed by atoms with Gasteiger partial charge in [0, 0.05) is 30.7 Å². The third kappa shape index (κ3) is 11.5. The molecule has 0 aromatic heterocycles. The summed E-state index contributed by atoms with van der Waals surface area (Å²) in [6.07, 6.45) is 1.67. The second-order valence-electron chi connectivity index (χ2n) is 10.9. The maximum atomic E-state index is 11.7. The van der Waals surface area contributed by atoms with Crippen LogP contribution < -0.4 is 5.73 Å². The summed E-state index contributed by atoms with van der Waals surface area (Å²) in [6, 6.07) is 24.3. The molecule has 2 rings (SSSR count). The van der Waals surface area contributed by atoms with Crippen molar-refractivity contribution in [3.8, 4) is 6.07 Å². The molecule has 0 fully saturated rings. The Morgan fingerprint density at radius 1 is 0.703 bits per heavy atom. The molecule has 1 amide bonds. The predicted molar refractivity (Wildman–Crippen MR) is 156 cm³/mol. The minimum Gasteiger partial charge on any atom is -0.369 e. The van der Waals surface area contributed by atoms with Gasteiger partial charge in [-0.1, -0.05) is 60.7 Å². The van der Waals surface area contributed by atoms with E-state index < -0.39 is 0 Å². The lowest BCUT2D eigenvalue weighted by Gasteiger charge is -2.31. The van der Waals surface area contributed by atoms with Gasteiger partial charge in [0.2, 0.25) is 5.91 Å². The van der Waals surface area contributed by atoms with Crippen molar-refractivity contribution >= 4 is 5.91 Å². The Morgan fingerprint density at radius 3 is 1.43 bits per heavy atom. The number of primary amides is 1. The van der Waals surface area contributed by atoms with E-state index in [2.05, 4.69) is 71.3 Å². The number of hydrogen-bond acceptors (Lipinski definition) is 4. The Labute approximate surface area is 226 Å². The standard InChI is InChI=1S/C16H26N2O.C16H24N2/c1-12(2)18(13(3)4)11-10-15(16(17)19)14-8-6-5-7-9-14;1-13(2)18(14(3)4)11-10-16(12-17)15-8-6-5-7-9-15/h5-9,12-13,15H,10-11H2,1-4H3,(H2,17,19);5-9,13-14,16H,10-11H2,1-4H3. The number of amides is 1. The van der Waals surface area contributed by atoms with Crippen molar-refractivity contribution in [3.63, 3.8) is 0 Å². The lowest BCUT2D eigenvalue weighted by Crippen LogP contribution is -2.39. The molecule has 2 atom stereocenters. The van der Waals surface area contributed by atoms with Gasteiger partial charge in [0.1, 0.15) is 0 Å². The van der Waals surface area contributed by atoms with E-state index in [4.69, 9.17) is 5.73 Å². The zero-order valence-electron chi connectivity index (χ0n) is 24.4. The fourth-order valence-electron chi connectivity index (χ4n) is 4.93. The molecule has 204 valence electrons. The van der Waals surface area contributed by atoms with Crippen molar-refractivity contribution in [3.05, 3.63) is 71.8 Å². The van der Waals surface area contributed by atoms with Crippen LogP contribution in [-0.2, 0) is 4.79 Å². The van der Waals surface area contributed by atoms with Gasteiger partial charge in [-0.3, -0.25) is 14.6 Å². The average molecular weight is 507 g/mol. The molecule has 0 aliphatic rings. The molecule has 0 radical (unpaired) electrons. The topological polar surface area (TPSA) is 73.4 Å². The third-order valence-corrected chi connectivity index (χ3v) is 6.91. The van der Waals surface area contributed by atoms with Gasteiger partial charge in [-0.2, -0.15) is 5.26 Å².